The molecule has 0 radical (unpaired) electrons. The standard InChI is InChI=1S/C22H33N5O2.HI/c1-4-23-22(24-14-8-11-20-25-21(17(2)3)26-29-20)27-15-12-19(13-16-27)28-18-9-6-5-7-10-18;/h5-7,9-10,17,19H,4,8,11-16H2,1-3H3,(H,23,24);1H. The van der Waals surface area contributed by atoms with E-state index in [2.05, 4.69) is 41.1 Å². The van der Waals surface area contributed by atoms with Crippen LogP contribution in [0.1, 0.15) is 57.7 Å². The summed E-state index contributed by atoms with van der Waals surface area (Å²) in [5, 5.41) is 7.43. The van der Waals surface area contributed by atoms with Gasteiger partial charge in [0.05, 0.1) is 0 Å². The number of guanidine groups is 1. The summed E-state index contributed by atoms with van der Waals surface area (Å²) in [6.07, 6.45) is 3.92. The first kappa shape index (κ1) is 24.4. The second-order valence-electron chi connectivity index (χ2n) is 7.66. The Morgan fingerprint density at radius 2 is 2.00 bits per heavy atom. The van der Waals surface area contributed by atoms with Crippen molar-refractivity contribution in [2.75, 3.05) is 26.2 Å². The molecule has 8 heteroatoms. The number of para-hydroxylation sites is 1. The summed E-state index contributed by atoms with van der Waals surface area (Å²) in [6.45, 7) is 9.73. The Labute approximate surface area is 196 Å². The number of aryl methyl sites for hydroxylation is 1. The predicted octanol–water partition coefficient (Wildman–Crippen LogP) is 4.25. The zero-order valence-electron chi connectivity index (χ0n) is 18.2. The van der Waals surface area contributed by atoms with Gasteiger partial charge in [-0.1, -0.05) is 37.2 Å². The van der Waals surface area contributed by atoms with Gasteiger partial charge in [-0.2, -0.15) is 4.98 Å². The number of nitrogens with zero attached hydrogens (tertiary/aromatic N) is 4. The van der Waals surface area contributed by atoms with Crippen molar-refractivity contribution in [1.29, 1.82) is 0 Å². The molecule has 7 nitrogen and oxygen atoms in total. The third-order valence-corrected chi connectivity index (χ3v) is 4.93. The number of likely N-dealkylation sites (tertiary alicyclic amines) is 1. The quantitative estimate of drug-likeness (QED) is 0.240. The molecule has 1 aromatic carbocycles. The Morgan fingerprint density at radius 1 is 1.27 bits per heavy atom. The van der Waals surface area contributed by atoms with Crippen LogP contribution in [0, 0.1) is 0 Å². The molecule has 0 unspecified atom stereocenters. The average Bonchev–Trinajstić information content (AvgIpc) is 3.21. The van der Waals surface area contributed by atoms with Crippen molar-refractivity contribution in [1.82, 2.24) is 20.4 Å². The highest BCUT2D eigenvalue weighted by Crippen LogP contribution is 2.18. The summed E-state index contributed by atoms with van der Waals surface area (Å²) in [5.74, 6) is 3.71. The number of aliphatic imine (C=N–C) groups is 1. The van der Waals surface area contributed by atoms with Crippen molar-refractivity contribution >= 4 is 29.9 Å². The minimum absolute atomic E-state index is 0. The normalized spacial score (nSPS) is 15.2. The maximum Gasteiger partial charge on any atom is 0.226 e. The topological polar surface area (TPSA) is 75.8 Å². The van der Waals surface area contributed by atoms with Crippen molar-refractivity contribution in [3.63, 3.8) is 0 Å². The molecule has 1 aliphatic rings. The maximum absolute atomic E-state index is 6.10. The minimum atomic E-state index is 0. The number of nitrogens with one attached hydrogen (secondary N) is 1. The Balaban J connectivity index is 0.00000320. The molecule has 1 fully saturated rings. The molecule has 0 spiro atoms. The van der Waals surface area contributed by atoms with E-state index in [9.17, 15) is 0 Å². The lowest BCUT2D eigenvalue weighted by atomic mass is 10.1. The van der Waals surface area contributed by atoms with Gasteiger partial charge in [0.25, 0.3) is 0 Å². The Hall–Kier alpha value is -1.84. The number of halogens is 1. The third-order valence-electron chi connectivity index (χ3n) is 4.93. The van der Waals surface area contributed by atoms with Crippen molar-refractivity contribution in [3.05, 3.63) is 42.0 Å². The van der Waals surface area contributed by atoms with E-state index in [1.165, 1.54) is 0 Å². The van der Waals surface area contributed by atoms with Crippen molar-refractivity contribution in [2.45, 2.75) is 58.5 Å². The molecular weight excluding hydrogens is 493 g/mol. The number of hydrogen-bond acceptors (Lipinski definition) is 5. The molecule has 0 atom stereocenters. The molecule has 2 heterocycles. The van der Waals surface area contributed by atoms with Gasteiger partial charge in [0.15, 0.2) is 11.8 Å². The van der Waals surface area contributed by atoms with Crippen LogP contribution in [-0.4, -0.2) is 53.3 Å². The molecule has 0 amide bonds. The first-order chi connectivity index (χ1) is 14.2. The van der Waals surface area contributed by atoms with Gasteiger partial charge in [-0.25, -0.2) is 0 Å². The van der Waals surface area contributed by atoms with Crippen molar-refractivity contribution in [2.24, 2.45) is 4.99 Å². The van der Waals surface area contributed by atoms with Crippen LogP contribution in [0.4, 0.5) is 0 Å². The van der Waals surface area contributed by atoms with E-state index in [0.717, 1.165) is 69.4 Å². The van der Waals surface area contributed by atoms with Gasteiger partial charge < -0.3 is 19.5 Å². The van der Waals surface area contributed by atoms with E-state index in [1.807, 2.05) is 30.3 Å². The zero-order valence-corrected chi connectivity index (χ0v) is 20.5. The van der Waals surface area contributed by atoms with Gasteiger partial charge in [0, 0.05) is 51.4 Å². The number of hydrogen-bond donors (Lipinski definition) is 1. The lowest BCUT2D eigenvalue weighted by Gasteiger charge is -2.34. The van der Waals surface area contributed by atoms with Crippen molar-refractivity contribution < 1.29 is 9.26 Å². The van der Waals surface area contributed by atoms with E-state index in [-0.39, 0.29) is 30.1 Å². The highest BCUT2D eigenvalue weighted by Gasteiger charge is 2.22. The molecular formula is C22H34IN5O2. The molecule has 2 aromatic rings. The average molecular weight is 527 g/mol. The molecule has 0 aliphatic carbocycles. The summed E-state index contributed by atoms with van der Waals surface area (Å²) in [5.41, 5.74) is 0. The second-order valence-corrected chi connectivity index (χ2v) is 7.66. The third kappa shape index (κ3) is 7.45. The van der Waals surface area contributed by atoms with Crippen LogP contribution in [0.2, 0.25) is 0 Å². The monoisotopic (exact) mass is 527 g/mol. The number of rotatable bonds is 8. The molecule has 1 aliphatic heterocycles. The number of aromatic nitrogens is 2. The van der Waals surface area contributed by atoms with E-state index in [4.69, 9.17) is 14.3 Å². The van der Waals surface area contributed by atoms with Crippen molar-refractivity contribution in [3.8, 4) is 5.75 Å². The second kappa shape index (κ2) is 12.8. The van der Waals surface area contributed by atoms with E-state index < -0.39 is 0 Å². The van der Waals surface area contributed by atoms with Crippen LogP contribution >= 0.6 is 24.0 Å². The fourth-order valence-corrected chi connectivity index (χ4v) is 3.32. The summed E-state index contributed by atoms with van der Waals surface area (Å²) in [6, 6.07) is 10.1. The number of ether oxygens (including phenoxy) is 1. The van der Waals surface area contributed by atoms with Crippen LogP contribution < -0.4 is 10.1 Å². The Morgan fingerprint density at radius 3 is 2.63 bits per heavy atom. The highest BCUT2D eigenvalue weighted by molar-refractivity contribution is 14.0. The van der Waals surface area contributed by atoms with E-state index in [1.54, 1.807) is 0 Å². The molecule has 0 bridgehead atoms. The smallest absolute Gasteiger partial charge is 0.226 e. The molecule has 0 saturated carbocycles. The maximum atomic E-state index is 6.10. The van der Waals surface area contributed by atoms with E-state index in [0.29, 0.717) is 11.8 Å². The molecule has 1 saturated heterocycles. The largest absolute Gasteiger partial charge is 0.490 e. The number of piperidine rings is 1. The predicted molar refractivity (Wildman–Crippen MR) is 130 cm³/mol. The fraction of sp³-hybridized carbons (Fsp3) is 0.591. The van der Waals surface area contributed by atoms with Gasteiger partial charge in [0.2, 0.25) is 5.89 Å². The minimum Gasteiger partial charge on any atom is -0.490 e. The van der Waals surface area contributed by atoms with Crippen LogP contribution in [-0.2, 0) is 6.42 Å². The van der Waals surface area contributed by atoms with Crippen LogP contribution in [0.5, 0.6) is 5.75 Å². The molecule has 30 heavy (non-hydrogen) atoms. The Bertz CT molecular complexity index is 758. The summed E-state index contributed by atoms with van der Waals surface area (Å²) in [4.78, 5) is 11.6. The first-order valence-electron chi connectivity index (χ1n) is 10.7. The van der Waals surface area contributed by atoms with Gasteiger partial charge in [-0.15, -0.1) is 24.0 Å². The SMILES string of the molecule is CCNC(=NCCCc1nc(C(C)C)no1)N1CCC(Oc2ccccc2)CC1.I. The summed E-state index contributed by atoms with van der Waals surface area (Å²) >= 11 is 0. The lowest BCUT2D eigenvalue weighted by Crippen LogP contribution is -2.47. The molecule has 1 aromatic heterocycles. The first-order valence-corrected chi connectivity index (χ1v) is 10.7. The Kier molecular flexibility index (Phi) is 10.4. The lowest BCUT2D eigenvalue weighted by molar-refractivity contribution is 0.129. The fourth-order valence-electron chi connectivity index (χ4n) is 3.32. The van der Waals surface area contributed by atoms with Gasteiger partial charge >= 0.3 is 0 Å². The highest BCUT2D eigenvalue weighted by atomic mass is 127. The summed E-state index contributed by atoms with van der Waals surface area (Å²) in [7, 11) is 0. The molecule has 1 N–H and O–H groups in total. The zero-order chi connectivity index (χ0) is 20.5. The van der Waals surface area contributed by atoms with Gasteiger partial charge in [-0.05, 0) is 25.5 Å². The van der Waals surface area contributed by atoms with Gasteiger partial charge in [0.1, 0.15) is 11.9 Å². The van der Waals surface area contributed by atoms with Crippen LogP contribution in [0.3, 0.4) is 0 Å². The van der Waals surface area contributed by atoms with Crippen LogP contribution in [0.25, 0.3) is 0 Å². The van der Waals surface area contributed by atoms with E-state index >= 15 is 0 Å². The van der Waals surface area contributed by atoms with Crippen LogP contribution in [0.15, 0.2) is 39.8 Å². The number of benzene rings is 1. The van der Waals surface area contributed by atoms with Gasteiger partial charge in [-0.3, -0.25) is 4.99 Å². The summed E-state index contributed by atoms with van der Waals surface area (Å²) < 4.78 is 11.4. The molecule has 3 rings (SSSR count). The molecule has 166 valence electrons.